The van der Waals surface area contributed by atoms with Gasteiger partial charge in [0.2, 0.25) is 0 Å². The van der Waals surface area contributed by atoms with Crippen molar-refractivity contribution >= 4 is 28.5 Å². The second-order valence-electron chi connectivity index (χ2n) is 6.00. The molecule has 0 aliphatic heterocycles. The van der Waals surface area contributed by atoms with Gasteiger partial charge in [0, 0.05) is 27.3 Å². The molecular formula is C21H20IN3O3. The average Bonchev–Trinajstić information content (AvgIpc) is 2.71. The van der Waals surface area contributed by atoms with Crippen molar-refractivity contribution in [2.45, 2.75) is 13.5 Å². The van der Waals surface area contributed by atoms with Crippen LogP contribution in [0.4, 0.5) is 0 Å². The number of halogens is 1. The second-order valence-corrected chi connectivity index (χ2v) is 7.25. The van der Waals surface area contributed by atoms with Crippen LogP contribution in [0.3, 0.4) is 0 Å². The van der Waals surface area contributed by atoms with Gasteiger partial charge in [0.15, 0.2) is 0 Å². The van der Waals surface area contributed by atoms with Gasteiger partial charge in [-0.1, -0.05) is 0 Å². The van der Waals surface area contributed by atoms with Crippen molar-refractivity contribution < 1.29 is 9.53 Å². The summed E-state index contributed by atoms with van der Waals surface area (Å²) in [7, 11) is 0. The number of amides is 1. The highest BCUT2D eigenvalue weighted by Crippen LogP contribution is 2.19. The minimum atomic E-state index is -0.210. The average molecular weight is 489 g/mol. The van der Waals surface area contributed by atoms with Crippen molar-refractivity contribution in [3.8, 4) is 17.0 Å². The minimum absolute atomic E-state index is 0.174. The molecule has 3 rings (SSSR count). The lowest BCUT2D eigenvalue weighted by Gasteiger charge is -2.09. The van der Waals surface area contributed by atoms with E-state index in [0.717, 1.165) is 14.9 Å². The molecule has 1 N–H and O–H groups in total. The SMILES string of the molecule is CCOc1ccc(-c2ccc(=O)n(CCNC(=O)c3ccc(I)cc3)n2)cc1. The summed E-state index contributed by atoms with van der Waals surface area (Å²) < 4.78 is 7.87. The van der Waals surface area contributed by atoms with E-state index in [1.807, 2.05) is 43.3 Å². The van der Waals surface area contributed by atoms with E-state index in [0.29, 0.717) is 31.0 Å². The summed E-state index contributed by atoms with van der Waals surface area (Å²) in [6.07, 6.45) is 0. The van der Waals surface area contributed by atoms with Crippen LogP contribution in [0, 0.1) is 3.57 Å². The Labute approximate surface area is 176 Å². The summed E-state index contributed by atoms with van der Waals surface area (Å²) in [6.45, 7) is 3.14. The Morgan fingerprint density at radius 3 is 2.46 bits per heavy atom. The lowest BCUT2D eigenvalue weighted by atomic mass is 10.1. The molecule has 0 unspecified atom stereocenters. The number of carbonyl (C=O) groups is 1. The molecule has 0 fully saturated rings. The Balaban J connectivity index is 1.65. The van der Waals surface area contributed by atoms with Gasteiger partial charge in [-0.2, -0.15) is 5.10 Å². The van der Waals surface area contributed by atoms with E-state index >= 15 is 0 Å². The molecule has 1 amide bonds. The third kappa shape index (κ3) is 5.19. The van der Waals surface area contributed by atoms with Gasteiger partial charge in [0.1, 0.15) is 5.75 Å². The largest absolute Gasteiger partial charge is 0.494 e. The molecule has 0 aliphatic carbocycles. The second kappa shape index (κ2) is 9.50. The highest BCUT2D eigenvalue weighted by atomic mass is 127. The van der Waals surface area contributed by atoms with Crippen molar-refractivity contribution in [1.82, 2.24) is 15.1 Å². The number of hydrogen-bond donors (Lipinski definition) is 1. The van der Waals surface area contributed by atoms with Crippen molar-refractivity contribution in [1.29, 1.82) is 0 Å². The Hall–Kier alpha value is -2.68. The normalized spacial score (nSPS) is 10.5. The molecule has 0 saturated heterocycles. The fraction of sp³-hybridized carbons (Fsp3) is 0.190. The van der Waals surface area contributed by atoms with E-state index in [1.165, 1.54) is 10.7 Å². The first kappa shape index (κ1) is 20.1. The molecule has 0 spiro atoms. The van der Waals surface area contributed by atoms with E-state index in [4.69, 9.17) is 4.74 Å². The Bertz CT molecular complexity index is 999. The summed E-state index contributed by atoms with van der Waals surface area (Å²) >= 11 is 2.19. The molecule has 7 heteroatoms. The van der Waals surface area contributed by atoms with Gasteiger partial charge in [-0.3, -0.25) is 9.59 Å². The number of rotatable bonds is 7. The Kier molecular flexibility index (Phi) is 6.80. The van der Waals surface area contributed by atoms with Crippen LogP contribution in [0.1, 0.15) is 17.3 Å². The van der Waals surface area contributed by atoms with Crippen LogP contribution in [0.5, 0.6) is 5.75 Å². The van der Waals surface area contributed by atoms with Crippen molar-refractivity contribution in [2.75, 3.05) is 13.2 Å². The standard InChI is InChI=1S/C21H20IN3O3/c1-2-28-18-9-5-15(6-10-18)19-11-12-20(26)25(24-19)14-13-23-21(27)16-3-7-17(22)8-4-16/h3-12H,2,13-14H2,1H3,(H,23,27). The summed E-state index contributed by atoms with van der Waals surface area (Å²) in [5, 5.41) is 7.23. The van der Waals surface area contributed by atoms with Crippen molar-refractivity contribution in [3.05, 3.63) is 80.2 Å². The predicted octanol–water partition coefficient (Wildman–Crippen LogP) is 3.34. The predicted molar refractivity (Wildman–Crippen MR) is 117 cm³/mol. The summed E-state index contributed by atoms with van der Waals surface area (Å²) in [6, 6.07) is 18.0. The third-order valence-corrected chi connectivity index (χ3v) is 4.76. The zero-order valence-corrected chi connectivity index (χ0v) is 17.5. The molecule has 0 aliphatic rings. The molecule has 3 aromatic rings. The topological polar surface area (TPSA) is 73.2 Å². The molecule has 1 heterocycles. The van der Waals surface area contributed by atoms with Gasteiger partial charge in [-0.05, 0) is 84.1 Å². The van der Waals surface area contributed by atoms with Gasteiger partial charge in [0.05, 0.1) is 18.8 Å². The van der Waals surface area contributed by atoms with Crippen LogP contribution in [0.15, 0.2) is 65.5 Å². The minimum Gasteiger partial charge on any atom is -0.494 e. The first-order valence-corrected chi connectivity index (χ1v) is 10.00. The monoisotopic (exact) mass is 489 g/mol. The van der Waals surface area contributed by atoms with Gasteiger partial charge in [-0.25, -0.2) is 4.68 Å². The van der Waals surface area contributed by atoms with E-state index in [9.17, 15) is 9.59 Å². The van der Waals surface area contributed by atoms with Crippen LogP contribution < -0.4 is 15.6 Å². The van der Waals surface area contributed by atoms with E-state index in [1.54, 1.807) is 18.2 Å². The smallest absolute Gasteiger partial charge is 0.266 e. The van der Waals surface area contributed by atoms with Gasteiger partial charge < -0.3 is 10.1 Å². The molecular weight excluding hydrogens is 469 g/mol. The zero-order valence-electron chi connectivity index (χ0n) is 15.4. The number of ether oxygens (including phenoxy) is 1. The van der Waals surface area contributed by atoms with E-state index in [-0.39, 0.29) is 11.5 Å². The molecule has 6 nitrogen and oxygen atoms in total. The fourth-order valence-electron chi connectivity index (χ4n) is 2.63. The molecule has 0 saturated carbocycles. The number of benzene rings is 2. The summed E-state index contributed by atoms with van der Waals surface area (Å²) in [5.41, 5.74) is 1.95. The molecule has 1 aromatic heterocycles. The molecule has 144 valence electrons. The van der Waals surface area contributed by atoms with Crippen LogP contribution in [0.25, 0.3) is 11.3 Å². The lowest BCUT2D eigenvalue weighted by molar-refractivity contribution is 0.0951. The molecule has 0 bridgehead atoms. The molecule has 28 heavy (non-hydrogen) atoms. The van der Waals surface area contributed by atoms with Gasteiger partial charge in [-0.15, -0.1) is 0 Å². The number of hydrogen-bond acceptors (Lipinski definition) is 4. The van der Waals surface area contributed by atoms with Crippen LogP contribution >= 0.6 is 22.6 Å². The highest BCUT2D eigenvalue weighted by Gasteiger charge is 2.07. The van der Waals surface area contributed by atoms with E-state index in [2.05, 4.69) is 33.0 Å². The third-order valence-electron chi connectivity index (χ3n) is 4.04. The maximum absolute atomic E-state index is 12.2. The fourth-order valence-corrected chi connectivity index (χ4v) is 2.99. The Morgan fingerprint density at radius 1 is 1.07 bits per heavy atom. The molecule has 2 aromatic carbocycles. The van der Waals surface area contributed by atoms with E-state index < -0.39 is 0 Å². The quantitative estimate of drug-likeness (QED) is 0.517. The van der Waals surface area contributed by atoms with Crippen LogP contribution in [0.2, 0.25) is 0 Å². The molecule has 0 radical (unpaired) electrons. The first-order chi connectivity index (χ1) is 13.6. The number of nitrogens with one attached hydrogen (secondary N) is 1. The first-order valence-electron chi connectivity index (χ1n) is 8.92. The van der Waals surface area contributed by atoms with Gasteiger partial charge in [0.25, 0.3) is 11.5 Å². The Morgan fingerprint density at radius 2 is 1.79 bits per heavy atom. The van der Waals surface area contributed by atoms with Crippen LogP contribution in [-0.2, 0) is 6.54 Å². The zero-order chi connectivity index (χ0) is 19.9. The van der Waals surface area contributed by atoms with Gasteiger partial charge >= 0.3 is 0 Å². The molecule has 0 atom stereocenters. The summed E-state index contributed by atoms with van der Waals surface area (Å²) in [5.74, 6) is 0.616. The highest BCUT2D eigenvalue weighted by molar-refractivity contribution is 14.1. The number of carbonyl (C=O) groups excluding carboxylic acids is 1. The summed E-state index contributed by atoms with van der Waals surface area (Å²) in [4.78, 5) is 24.3. The lowest BCUT2D eigenvalue weighted by Crippen LogP contribution is -2.31. The number of nitrogens with zero attached hydrogens (tertiary/aromatic N) is 2. The van der Waals surface area contributed by atoms with Crippen molar-refractivity contribution in [2.24, 2.45) is 0 Å². The number of aromatic nitrogens is 2. The maximum Gasteiger partial charge on any atom is 0.266 e. The van der Waals surface area contributed by atoms with Crippen LogP contribution in [-0.4, -0.2) is 28.8 Å². The maximum atomic E-state index is 12.2. The van der Waals surface area contributed by atoms with Crippen molar-refractivity contribution in [3.63, 3.8) is 0 Å².